The molecule has 3 aliphatic rings. The molecular formula is C15H16BrF2NO2. The number of alkyl halides is 2. The van der Waals surface area contributed by atoms with Crippen LogP contribution in [0.1, 0.15) is 26.7 Å². The fourth-order valence-electron chi connectivity index (χ4n) is 3.63. The number of halogens is 3. The maximum absolute atomic E-state index is 13.4. The summed E-state index contributed by atoms with van der Waals surface area (Å²) in [6, 6.07) is -0.169. The van der Waals surface area contributed by atoms with Crippen LogP contribution in [-0.2, 0) is 9.59 Å². The molecule has 114 valence electrons. The van der Waals surface area contributed by atoms with Gasteiger partial charge in [0, 0.05) is 34.9 Å². The van der Waals surface area contributed by atoms with Crippen molar-refractivity contribution in [3.05, 3.63) is 22.3 Å². The Balaban J connectivity index is 2.04. The first-order valence-electron chi connectivity index (χ1n) is 6.96. The van der Waals surface area contributed by atoms with Gasteiger partial charge in [0.2, 0.25) is 12.3 Å². The minimum atomic E-state index is -2.53. The van der Waals surface area contributed by atoms with Gasteiger partial charge in [0.25, 0.3) is 0 Å². The smallest absolute Gasteiger partial charge is 0.245 e. The van der Waals surface area contributed by atoms with Crippen LogP contribution >= 0.6 is 15.9 Å². The average Bonchev–Trinajstić information content (AvgIpc) is 2.53. The van der Waals surface area contributed by atoms with Crippen molar-refractivity contribution in [2.45, 2.75) is 39.2 Å². The van der Waals surface area contributed by atoms with Crippen LogP contribution in [-0.4, -0.2) is 29.1 Å². The largest absolute Gasteiger partial charge is 0.311 e. The Morgan fingerprint density at radius 3 is 2.48 bits per heavy atom. The van der Waals surface area contributed by atoms with E-state index in [-0.39, 0.29) is 17.7 Å². The van der Waals surface area contributed by atoms with E-state index in [0.29, 0.717) is 23.0 Å². The number of ketones is 1. The maximum Gasteiger partial charge on any atom is 0.245 e. The molecule has 1 amide bonds. The number of allylic oxidation sites excluding steroid dienone is 4. The molecule has 3 nitrogen and oxygen atoms in total. The highest BCUT2D eigenvalue weighted by molar-refractivity contribution is 9.11. The zero-order valence-corrected chi connectivity index (χ0v) is 13.4. The fraction of sp³-hybridized carbons (Fsp3) is 0.600. The Morgan fingerprint density at radius 1 is 1.33 bits per heavy atom. The van der Waals surface area contributed by atoms with E-state index in [9.17, 15) is 18.4 Å². The zero-order chi connectivity index (χ0) is 15.5. The number of nitrogens with zero attached hydrogens (tertiary/aromatic N) is 1. The molecule has 2 atom stereocenters. The lowest BCUT2D eigenvalue weighted by molar-refractivity contribution is -0.140. The summed E-state index contributed by atoms with van der Waals surface area (Å²) in [7, 11) is 0. The summed E-state index contributed by atoms with van der Waals surface area (Å²) in [5.74, 6) is -1.57. The van der Waals surface area contributed by atoms with E-state index in [2.05, 4.69) is 15.9 Å². The van der Waals surface area contributed by atoms with E-state index in [1.165, 1.54) is 6.08 Å². The van der Waals surface area contributed by atoms with Gasteiger partial charge in [0.15, 0.2) is 0 Å². The van der Waals surface area contributed by atoms with E-state index < -0.39 is 23.7 Å². The number of carbonyl (C=O) groups is 2. The minimum Gasteiger partial charge on any atom is -0.311 e. The van der Waals surface area contributed by atoms with Crippen molar-refractivity contribution < 1.29 is 18.4 Å². The van der Waals surface area contributed by atoms with Crippen LogP contribution in [0.25, 0.3) is 0 Å². The summed E-state index contributed by atoms with van der Waals surface area (Å²) in [4.78, 5) is 25.5. The number of fused-ring (bicyclic) bond motifs is 1. The van der Waals surface area contributed by atoms with Crippen LogP contribution in [0.15, 0.2) is 22.3 Å². The third kappa shape index (κ3) is 2.10. The van der Waals surface area contributed by atoms with Crippen molar-refractivity contribution in [2.24, 2.45) is 17.3 Å². The second kappa shape index (κ2) is 4.73. The topological polar surface area (TPSA) is 37.4 Å². The molecule has 3 rings (SSSR count). The normalized spacial score (nSPS) is 32.0. The molecule has 1 saturated carbocycles. The molecule has 0 aromatic heterocycles. The molecule has 0 aromatic carbocycles. The maximum atomic E-state index is 13.4. The highest BCUT2D eigenvalue weighted by Gasteiger charge is 2.58. The van der Waals surface area contributed by atoms with Gasteiger partial charge in [-0.15, -0.1) is 0 Å². The summed E-state index contributed by atoms with van der Waals surface area (Å²) in [5.41, 5.74) is -0.252. The van der Waals surface area contributed by atoms with Crippen molar-refractivity contribution in [3.8, 4) is 0 Å². The number of carbonyl (C=O) groups excluding carboxylic acids is 2. The molecule has 0 N–H and O–H groups in total. The predicted octanol–water partition coefficient (Wildman–Crippen LogP) is 3.26. The van der Waals surface area contributed by atoms with Crippen LogP contribution in [0.4, 0.5) is 8.78 Å². The molecule has 2 unspecified atom stereocenters. The van der Waals surface area contributed by atoms with Crippen LogP contribution in [0.3, 0.4) is 0 Å². The first-order chi connectivity index (χ1) is 9.73. The third-order valence-electron chi connectivity index (χ3n) is 4.75. The first kappa shape index (κ1) is 14.9. The van der Waals surface area contributed by atoms with Crippen molar-refractivity contribution in [2.75, 3.05) is 0 Å². The number of amides is 1. The quantitative estimate of drug-likeness (QED) is 0.758. The Hall–Kier alpha value is -1.04. The van der Waals surface area contributed by atoms with Crippen LogP contribution in [0.5, 0.6) is 0 Å². The van der Waals surface area contributed by atoms with E-state index in [0.717, 1.165) is 0 Å². The third-order valence-corrected chi connectivity index (χ3v) is 5.24. The van der Waals surface area contributed by atoms with Crippen LogP contribution in [0.2, 0.25) is 0 Å². The molecule has 0 bridgehead atoms. The molecule has 2 aliphatic carbocycles. The molecule has 21 heavy (non-hydrogen) atoms. The van der Waals surface area contributed by atoms with Gasteiger partial charge >= 0.3 is 0 Å². The second-order valence-corrected chi connectivity index (χ2v) is 7.42. The summed E-state index contributed by atoms with van der Waals surface area (Å²) in [6.07, 6.45) is 1.36. The lowest BCUT2D eigenvalue weighted by atomic mass is 9.71. The zero-order valence-electron chi connectivity index (χ0n) is 11.8. The molecule has 1 aliphatic heterocycles. The average molecular weight is 360 g/mol. The van der Waals surface area contributed by atoms with E-state index >= 15 is 0 Å². The van der Waals surface area contributed by atoms with E-state index in [1.54, 1.807) is 24.8 Å². The first-order valence-corrected chi connectivity index (χ1v) is 7.75. The molecule has 1 saturated heterocycles. The fourth-order valence-corrected chi connectivity index (χ4v) is 4.17. The summed E-state index contributed by atoms with van der Waals surface area (Å²) in [6.45, 7) is 3.44. The second-order valence-electron chi connectivity index (χ2n) is 6.51. The van der Waals surface area contributed by atoms with Crippen molar-refractivity contribution in [1.82, 2.24) is 4.90 Å². The van der Waals surface area contributed by atoms with E-state index in [4.69, 9.17) is 0 Å². The highest BCUT2D eigenvalue weighted by atomic mass is 79.9. The van der Waals surface area contributed by atoms with Gasteiger partial charge in [-0.05, 0) is 6.08 Å². The Bertz CT molecular complexity index is 574. The van der Waals surface area contributed by atoms with Gasteiger partial charge in [0.05, 0.1) is 11.5 Å². The van der Waals surface area contributed by atoms with Crippen molar-refractivity contribution >= 4 is 27.6 Å². The number of hydrogen-bond acceptors (Lipinski definition) is 2. The number of Topliss-reactive ketones (excluding diaryl/α,β-unsaturated/α-hetero) is 1. The van der Waals surface area contributed by atoms with Gasteiger partial charge in [-0.25, -0.2) is 8.78 Å². The number of rotatable bonds is 2. The lowest BCUT2D eigenvalue weighted by Crippen LogP contribution is -2.46. The molecular weight excluding hydrogens is 344 g/mol. The number of hydrogen-bond donors (Lipinski definition) is 0. The van der Waals surface area contributed by atoms with E-state index in [1.807, 2.05) is 0 Å². The highest BCUT2D eigenvalue weighted by Crippen LogP contribution is 2.54. The SMILES string of the molecule is CC1(C)C(=O)N(C2CC(=O)C2)C2=CC(Br)=CC(C(F)F)C21. The van der Waals surface area contributed by atoms with Crippen molar-refractivity contribution in [3.63, 3.8) is 0 Å². The van der Waals surface area contributed by atoms with Gasteiger partial charge < -0.3 is 4.90 Å². The Kier molecular flexibility index (Phi) is 3.35. The lowest BCUT2D eigenvalue weighted by Gasteiger charge is -2.36. The minimum absolute atomic E-state index is 0.116. The Labute approximate surface area is 130 Å². The predicted molar refractivity (Wildman–Crippen MR) is 76.7 cm³/mol. The standard InChI is InChI=1S/C15H16BrF2NO2/c1-15(2)12-10(13(17)18)3-7(16)4-11(12)19(14(15)21)8-5-9(20)6-8/h3-4,8,10,12-13H,5-6H2,1-2H3. The summed E-state index contributed by atoms with van der Waals surface area (Å²) in [5, 5.41) is 0. The van der Waals surface area contributed by atoms with Gasteiger partial charge in [-0.2, -0.15) is 0 Å². The monoisotopic (exact) mass is 359 g/mol. The Morgan fingerprint density at radius 2 is 1.95 bits per heavy atom. The van der Waals surface area contributed by atoms with Gasteiger partial charge in [-0.3, -0.25) is 9.59 Å². The molecule has 0 radical (unpaired) electrons. The summed E-state index contributed by atoms with van der Waals surface area (Å²) >= 11 is 3.27. The summed E-state index contributed by atoms with van der Waals surface area (Å²) < 4.78 is 27.4. The molecule has 2 fully saturated rings. The van der Waals surface area contributed by atoms with Crippen LogP contribution < -0.4 is 0 Å². The van der Waals surface area contributed by atoms with Gasteiger partial charge in [-0.1, -0.05) is 35.9 Å². The van der Waals surface area contributed by atoms with Crippen molar-refractivity contribution in [1.29, 1.82) is 0 Å². The number of likely N-dealkylation sites (tertiary alicyclic amines) is 1. The molecule has 6 heteroatoms. The molecule has 1 heterocycles. The van der Waals surface area contributed by atoms with Gasteiger partial charge in [0.1, 0.15) is 5.78 Å². The molecule has 0 aromatic rings. The molecule has 0 spiro atoms. The van der Waals surface area contributed by atoms with Crippen LogP contribution in [0, 0.1) is 17.3 Å².